The molecule has 7 nitrogen and oxygen atoms in total. The molecule has 0 fully saturated rings. The van der Waals surface area contributed by atoms with E-state index < -0.39 is 10.0 Å². The highest BCUT2D eigenvalue weighted by molar-refractivity contribution is 7.89. The van der Waals surface area contributed by atoms with Gasteiger partial charge in [0.15, 0.2) is 0 Å². The topological polar surface area (TPSA) is 82.5 Å². The minimum atomic E-state index is -3.81. The number of halogens is 1. The Balaban J connectivity index is 2.31. The maximum Gasteiger partial charge on any atom is 0.244 e. The van der Waals surface area contributed by atoms with E-state index in [9.17, 15) is 8.42 Å². The van der Waals surface area contributed by atoms with E-state index in [1.165, 1.54) is 26.4 Å². The van der Waals surface area contributed by atoms with Crippen LogP contribution >= 0.6 is 11.6 Å². The van der Waals surface area contributed by atoms with Gasteiger partial charge in [-0.3, -0.25) is 0 Å². The number of hydrogen-bond donors (Lipinski definition) is 1. The lowest BCUT2D eigenvalue weighted by Crippen LogP contribution is -2.37. The highest BCUT2D eigenvalue weighted by Crippen LogP contribution is 2.35. The van der Waals surface area contributed by atoms with E-state index in [1.807, 2.05) is 11.5 Å². The zero-order chi connectivity index (χ0) is 17.7. The summed E-state index contributed by atoms with van der Waals surface area (Å²) in [6.07, 6.45) is 5.68. The average Bonchev–Trinajstić information content (AvgIpc) is 3.06. The van der Waals surface area contributed by atoms with Gasteiger partial charge in [0.05, 0.1) is 25.6 Å². The zero-order valence-corrected chi connectivity index (χ0v) is 15.3. The van der Waals surface area contributed by atoms with Crippen LogP contribution in [0.25, 0.3) is 0 Å². The highest BCUT2D eigenvalue weighted by atomic mass is 35.5. The first-order chi connectivity index (χ1) is 11.4. The first kappa shape index (κ1) is 18.6. The number of imidazole rings is 1. The molecular weight excluding hydrogens is 354 g/mol. The predicted molar refractivity (Wildman–Crippen MR) is 91.2 cm³/mol. The van der Waals surface area contributed by atoms with Crippen LogP contribution in [0.2, 0.25) is 5.02 Å². The van der Waals surface area contributed by atoms with Crippen LogP contribution in [0.15, 0.2) is 35.7 Å². The van der Waals surface area contributed by atoms with E-state index >= 15 is 0 Å². The fourth-order valence-electron chi connectivity index (χ4n) is 2.22. The van der Waals surface area contributed by atoms with Crippen LogP contribution in [0.4, 0.5) is 0 Å². The molecule has 1 aromatic heterocycles. The fraction of sp³-hybridized carbons (Fsp3) is 0.400. The summed E-state index contributed by atoms with van der Waals surface area (Å²) in [6.45, 7) is 2.38. The number of methoxy groups -OCH3 is 2. The maximum absolute atomic E-state index is 12.8. The Morgan fingerprint density at radius 3 is 2.54 bits per heavy atom. The van der Waals surface area contributed by atoms with Crippen LogP contribution in [-0.2, 0) is 16.6 Å². The standard InChI is InChI=1S/C15H20ClN3O4S/c1-4-11(9-19-6-5-17-10-19)18-24(20,21)15-8-13(22-2)12(16)7-14(15)23-3/h5-8,10-11,18H,4,9H2,1-3H3. The Hall–Kier alpha value is -1.77. The van der Waals surface area contributed by atoms with Gasteiger partial charge in [0.1, 0.15) is 16.4 Å². The van der Waals surface area contributed by atoms with Gasteiger partial charge in [-0.1, -0.05) is 18.5 Å². The van der Waals surface area contributed by atoms with Crippen molar-refractivity contribution in [3.05, 3.63) is 35.9 Å². The van der Waals surface area contributed by atoms with Crippen LogP contribution in [0.1, 0.15) is 13.3 Å². The van der Waals surface area contributed by atoms with E-state index in [0.29, 0.717) is 13.0 Å². The van der Waals surface area contributed by atoms with Crippen molar-refractivity contribution in [2.24, 2.45) is 0 Å². The summed E-state index contributed by atoms with van der Waals surface area (Å²) in [4.78, 5) is 3.94. The number of benzene rings is 1. The second-order valence-electron chi connectivity index (χ2n) is 5.12. The van der Waals surface area contributed by atoms with Gasteiger partial charge in [-0.05, 0) is 6.42 Å². The molecule has 0 radical (unpaired) electrons. The lowest BCUT2D eigenvalue weighted by atomic mass is 10.2. The Morgan fingerprint density at radius 2 is 2.00 bits per heavy atom. The second-order valence-corrected chi connectivity index (χ2v) is 7.21. The number of aromatic nitrogens is 2. The summed E-state index contributed by atoms with van der Waals surface area (Å²) < 4.78 is 40.3. The molecule has 9 heteroatoms. The smallest absolute Gasteiger partial charge is 0.244 e. The number of nitrogens with one attached hydrogen (secondary N) is 1. The molecule has 1 atom stereocenters. The zero-order valence-electron chi connectivity index (χ0n) is 13.7. The summed E-state index contributed by atoms with van der Waals surface area (Å²) >= 11 is 6.03. The molecule has 24 heavy (non-hydrogen) atoms. The predicted octanol–water partition coefficient (Wildman–Crippen LogP) is 2.31. The normalized spacial score (nSPS) is 12.8. The summed E-state index contributed by atoms with van der Waals surface area (Å²) in [5.41, 5.74) is 0. The van der Waals surface area contributed by atoms with E-state index in [1.54, 1.807) is 18.7 Å². The lowest BCUT2D eigenvalue weighted by molar-refractivity contribution is 0.391. The largest absolute Gasteiger partial charge is 0.495 e. The molecule has 0 bridgehead atoms. The molecule has 0 aliphatic rings. The molecule has 0 spiro atoms. The summed E-state index contributed by atoms with van der Waals surface area (Å²) in [5, 5.41) is 0.277. The lowest BCUT2D eigenvalue weighted by Gasteiger charge is -2.19. The quantitative estimate of drug-likeness (QED) is 0.767. The third kappa shape index (κ3) is 4.19. The molecule has 0 amide bonds. The summed E-state index contributed by atoms with van der Waals surface area (Å²) in [7, 11) is -1.00. The molecule has 0 aliphatic heterocycles. The number of rotatable bonds is 8. The Morgan fingerprint density at radius 1 is 1.29 bits per heavy atom. The molecule has 0 saturated carbocycles. The van der Waals surface area contributed by atoms with Gasteiger partial charge in [-0.15, -0.1) is 0 Å². The van der Waals surface area contributed by atoms with Crippen molar-refractivity contribution < 1.29 is 17.9 Å². The summed E-state index contributed by atoms with van der Waals surface area (Å²) in [5.74, 6) is 0.422. The van der Waals surface area contributed by atoms with Crippen molar-refractivity contribution in [1.82, 2.24) is 14.3 Å². The molecule has 0 aliphatic carbocycles. The number of hydrogen-bond acceptors (Lipinski definition) is 5. The van der Waals surface area contributed by atoms with Crippen molar-refractivity contribution in [2.75, 3.05) is 14.2 Å². The Kier molecular flexibility index (Phi) is 6.09. The van der Waals surface area contributed by atoms with Crippen LogP contribution in [-0.4, -0.2) is 38.2 Å². The van der Waals surface area contributed by atoms with Gasteiger partial charge in [-0.2, -0.15) is 0 Å². The van der Waals surface area contributed by atoms with E-state index in [4.69, 9.17) is 21.1 Å². The van der Waals surface area contributed by atoms with Crippen molar-refractivity contribution in [2.45, 2.75) is 30.8 Å². The molecule has 1 heterocycles. The average molecular weight is 374 g/mol. The molecule has 0 saturated heterocycles. The van der Waals surface area contributed by atoms with Crippen LogP contribution in [0.3, 0.4) is 0 Å². The SMILES string of the molecule is CCC(Cn1ccnc1)NS(=O)(=O)c1cc(OC)c(Cl)cc1OC. The number of nitrogens with zero attached hydrogens (tertiary/aromatic N) is 2. The van der Waals surface area contributed by atoms with Crippen LogP contribution in [0, 0.1) is 0 Å². The van der Waals surface area contributed by atoms with E-state index in [2.05, 4.69) is 9.71 Å². The van der Waals surface area contributed by atoms with Gasteiger partial charge in [0.2, 0.25) is 10.0 Å². The van der Waals surface area contributed by atoms with Gasteiger partial charge in [-0.25, -0.2) is 18.1 Å². The van der Waals surface area contributed by atoms with Crippen LogP contribution < -0.4 is 14.2 Å². The first-order valence-corrected chi connectivity index (χ1v) is 9.17. The van der Waals surface area contributed by atoms with E-state index in [0.717, 1.165) is 0 Å². The number of sulfonamides is 1. The van der Waals surface area contributed by atoms with E-state index in [-0.39, 0.29) is 27.5 Å². The second kappa shape index (κ2) is 7.87. The molecule has 2 rings (SSSR count). The van der Waals surface area contributed by atoms with Crippen molar-refractivity contribution >= 4 is 21.6 Å². The van der Waals surface area contributed by atoms with Crippen molar-refractivity contribution in [3.8, 4) is 11.5 Å². The monoisotopic (exact) mass is 373 g/mol. The van der Waals surface area contributed by atoms with Crippen molar-refractivity contribution in [3.63, 3.8) is 0 Å². The van der Waals surface area contributed by atoms with Crippen molar-refractivity contribution in [1.29, 1.82) is 0 Å². The molecule has 1 aromatic carbocycles. The molecule has 132 valence electrons. The maximum atomic E-state index is 12.8. The Bertz CT molecular complexity index is 778. The van der Waals surface area contributed by atoms with Gasteiger partial charge < -0.3 is 14.0 Å². The minimum absolute atomic E-state index is 0.0182. The molecule has 2 aromatic rings. The van der Waals surface area contributed by atoms with Gasteiger partial charge in [0.25, 0.3) is 0 Å². The minimum Gasteiger partial charge on any atom is -0.495 e. The highest BCUT2D eigenvalue weighted by Gasteiger charge is 2.25. The van der Waals surface area contributed by atoms with Crippen LogP contribution in [0.5, 0.6) is 11.5 Å². The van der Waals surface area contributed by atoms with Gasteiger partial charge >= 0.3 is 0 Å². The molecule has 1 N–H and O–H groups in total. The Labute approximate surface area is 146 Å². The summed E-state index contributed by atoms with van der Waals surface area (Å²) in [6, 6.07) is 2.48. The van der Waals surface area contributed by atoms with Gasteiger partial charge in [0, 0.05) is 37.1 Å². The third-order valence-electron chi connectivity index (χ3n) is 3.53. The first-order valence-electron chi connectivity index (χ1n) is 7.30. The molecule has 1 unspecified atom stereocenters. The fourth-order valence-corrected chi connectivity index (χ4v) is 3.93. The third-order valence-corrected chi connectivity index (χ3v) is 5.37. The molecular formula is C15H20ClN3O4S. The number of ether oxygens (including phenoxy) is 2.